The zero-order chi connectivity index (χ0) is 17.7. The number of aliphatic hydroxyl groups is 1. The Morgan fingerprint density at radius 1 is 1.33 bits per heavy atom. The summed E-state index contributed by atoms with van der Waals surface area (Å²) in [4.78, 5) is 11.0. The third kappa shape index (κ3) is 5.56. The molecule has 0 radical (unpaired) electrons. The summed E-state index contributed by atoms with van der Waals surface area (Å²) in [5.74, 6) is -0.702. The SMILES string of the molecule is CC(C)(CC1CCC(C(=O)O)CC1)NC[C@H](O)c1cccc(F)c1. The summed E-state index contributed by atoms with van der Waals surface area (Å²) in [7, 11) is 0. The third-order valence-corrected chi connectivity index (χ3v) is 5.00. The molecule has 1 saturated carbocycles. The predicted molar refractivity (Wildman–Crippen MR) is 91.1 cm³/mol. The molecule has 2 rings (SSSR count). The molecule has 0 amide bonds. The third-order valence-electron chi connectivity index (χ3n) is 5.00. The molecular formula is C19H28FNO3. The summed E-state index contributed by atoms with van der Waals surface area (Å²) >= 11 is 0. The van der Waals surface area contributed by atoms with Gasteiger partial charge in [0.15, 0.2) is 0 Å². The molecule has 0 heterocycles. The van der Waals surface area contributed by atoms with Crippen molar-refractivity contribution < 1.29 is 19.4 Å². The van der Waals surface area contributed by atoms with Crippen molar-refractivity contribution in [3.05, 3.63) is 35.6 Å². The Hall–Kier alpha value is -1.46. The van der Waals surface area contributed by atoms with Crippen molar-refractivity contribution in [2.24, 2.45) is 11.8 Å². The Morgan fingerprint density at radius 3 is 2.58 bits per heavy atom. The fourth-order valence-corrected chi connectivity index (χ4v) is 3.61. The number of halogens is 1. The molecule has 1 aliphatic carbocycles. The predicted octanol–water partition coefficient (Wildman–Crippen LogP) is 3.51. The summed E-state index contributed by atoms with van der Waals surface area (Å²) in [5, 5.41) is 22.6. The standard InChI is InChI=1S/C19H28FNO3/c1-19(2,11-13-6-8-14(9-7-13)18(23)24)21-12-17(22)15-4-3-5-16(20)10-15/h3-5,10,13-14,17,21-22H,6-9,11-12H2,1-2H3,(H,23,24)/t13?,14?,17-/m0/s1. The van der Waals surface area contributed by atoms with Crippen LogP contribution < -0.4 is 5.32 Å². The lowest BCUT2D eigenvalue weighted by atomic mass is 9.76. The molecule has 4 nitrogen and oxygen atoms in total. The molecule has 0 saturated heterocycles. The van der Waals surface area contributed by atoms with Crippen molar-refractivity contribution in [3.63, 3.8) is 0 Å². The lowest BCUT2D eigenvalue weighted by Crippen LogP contribution is -2.43. The van der Waals surface area contributed by atoms with Gasteiger partial charge >= 0.3 is 5.97 Å². The minimum absolute atomic E-state index is 0.158. The monoisotopic (exact) mass is 337 g/mol. The van der Waals surface area contributed by atoms with Crippen molar-refractivity contribution in [1.29, 1.82) is 0 Å². The van der Waals surface area contributed by atoms with Crippen molar-refractivity contribution in [3.8, 4) is 0 Å². The van der Waals surface area contributed by atoms with Crippen molar-refractivity contribution in [1.82, 2.24) is 5.32 Å². The van der Waals surface area contributed by atoms with E-state index in [9.17, 15) is 14.3 Å². The average Bonchev–Trinajstić information content (AvgIpc) is 2.53. The van der Waals surface area contributed by atoms with E-state index in [1.165, 1.54) is 12.1 Å². The Kier molecular flexibility index (Phi) is 6.35. The molecule has 0 aliphatic heterocycles. The van der Waals surface area contributed by atoms with Crippen molar-refractivity contribution in [2.75, 3.05) is 6.54 Å². The maximum atomic E-state index is 13.2. The number of hydrogen-bond acceptors (Lipinski definition) is 3. The van der Waals surface area contributed by atoms with Gasteiger partial charge in [0, 0.05) is 12.1 Å². The number of benzene rings is 1. The van der Waals surface area contributed by atoms with E-state index in [0.717, 1.165) is 32.1 Å². The maximum absolute atomic E-state index is 13.2. The van der Waals surface area contributed by atoms with Crippen molar-refractivity contribution >= 4 is 5.97 Å². The molecule has 1 fully saturated rings. The summed E-state index contributed by atoms with van der Waals surface area (Å²) in [5.41, 5.74) is 0.412. The molecule has 1 atom stereocenters. The number of rotatable bonds is 7. The van der Waals surface area contributed by atoms with Gasteiger partial charge in [-0.1, -0.05) is 12.1 Å². The minimum Gasteiger partial charge on any atom is -0.481 e. The van der Waals surface area contributed by atoms with Crippen LogP contribution in [0.5, 0.6) is 0 Å². The van der Waals surface area contributed by atoms with Crippen LogP contribution in [0.3, 0.4) is 0 Å². The van der Waals surface area contributed by atoms with Crippen LogP contribution in [-0.2, 0) is 4.79 Å². The van der Waals surface area contributed by atoms with Crippen LogP contribution in [0, 0.1) is 17.7 Å². The molecule has 0 bridgehead atoms. The van der Waals surface area contributed by atoms with Crippen LogP contribution in [0.4, 0.5) is 4.39 Å². The van der Waals surface area contributed by atoms with Gasteiger partial charge < -0.3 is 15.5 Å². The Morgan fingerprint density at radius 2 is 2.00 bits per heavy atom. The minimum atomic E-state index is -0.747. The fourth-order valence-electron chi connectivity index (χ4n) is 3.61. The quantitative estimate of drug-likeness (QED) is 0.712. The van der Waals surface area contributed by atoms with Crippen LogP contribution in [0.2, 0.25) is 0 Å². The zero-order valence-corrected chi connectivity index (χ0v) is 14.5. The van der Waals surface area contributed by atoms with E-state index in [1.807, 2.05) is 0 Å². The summed E-state index contributed by atoms with van der Waals surface area (Å²) in [6.45, 7) is 4.55. The highest BCUT2D eigenvalue weighted by Gasteiger charge is 2.30. The molecule has 1 aliphatic rings. The smallest absolute Gasteiger partial charge is 0.306 e. The number of carboxylic acid groups (broad SMARTS) is 1. The first-order chi connectivity index (χ1) is 11.3. The maximum Gasteiger partial charge on any atom is 0.306 e. The van der Waals surface area contributed by atoms with E-state index in [-0.39, 0.29) is 17.3 Å². The van der Waals surface area contributed by atoms with Gasteiger partial charge in [0.2, 0.25) is 0 Å². The number of nitrogens with one attached hydrogen (secondary N) is 1. The largest absolute Gasteiger partial charge is 0.481 e. The first-order valence-electron chi connectivity index (χ1n) is 8.68. The normalized spacial score (nSPS) is 23.0. The van der Waals surface area contributed by atoms with Crippen LogP contribution in [-0.4, -0.2) is 28.3 Å². The van der Waals surface area contributed by atoms with Gasteiger partial charge in [-0.25, -0.2) is 4.39 Å². The Balaban J connectivity index is 1.80. The van der Waals surface area contributed by atoms with E-state index in [1.54, 1.807) is 12.1 Å². The molecule has 3 N–H and O–H groups in total. The summed E-state index contributed by atoms with van der Waals surface area (Å²) < 4.78 is 13.2. The molecule has 0 spiro atoms. The number of hydrogen-bond donors (Lipinski definition) is 3. The van der Waals surface area contributed by atoms with E-state index in [0.29, 0.717) is 18.0 Å². The van der Waals surface area contributed by atoms with E-state index < -0.39 is 12.1 Å². The highest BCUT2D eigenvalue weighted by Crippen LogP contribution is 2.34. The van der Waals surface area contributed by atoms with Crippen LogP contribution in [0.25, 0.3) is 0 Å². The average molecular weight is 337 g/mol. The number of aliphatic carboxylic acids is 1. The van der Waals surface area contributed by atoms with Crippen molar-refractivity contribution in [2.45, 2.75) is 57.6 Å². The number of carbonyl (C=O) groups is 1. The molecule has 1 aromatic carbocycles. The number of carboxylic acids is 1. The fraction of sp³-hybridized carbons (Fsp3) is 0.632. The Labute approximate surface area is 143 Å². The first kappa shape index (κ1) is 18.9. The van der Waals surface area contributed by atoms with Gasteiger partial charge in [0.25, 0.3) is 0 Å². The second-order valence-electron chi connectivity index (χ2n) is 7.60. The second-order valence-corrected chi connectivity index (χ2v) is 7.60. The first-order valence-corrected chi connectivity index (χ1v) is 8.68. The van der Waals surface area contributed by atoms with Crippen LogP contribution in [0.15, 0.2) is 24.3 Å². The molecule has 1 aromatic rings. The number of β-amino-alcohol motifs (C(OH)–C–C–N with tert-alkyl or cyclic N) is 1. The number of aliphatic hydroxyl groups excluding tert-OH is 1. The topological polar surface area (TPSA) is 69.6 Å². The van der Waals surface area contributed by atoms with Gasteiger partial charge in [-0.3, -0.25) is 4.79 Å². The van der Waals surface area contributed by atoms with E-state index in [2.05, 4.69) is 19.2 Å². The molecular weight excluding hydrogens is 309 g/mol. The summed E-state index contributed by atoms with van der Waals surface area (Å²) in [6.07, 6.45) is 3.57. The lowest BCUT2D eigenvalue weighted by Gasteiger charge is -2.35. The van der Waals surface area contributed by atoms with E-state index in [4.69, 9.17) is 5.11 Å². The zero-order valence-electron chi connectivity index (χ0n) is 14.5. The molecule has 0 aromatic heterocycles. The van der Waals surface area contributed by atoms with E-state index >= 15 is 0 Å². The van der Waals surface area contributed by atoms with Gasteiger partial charge in [-0.05, 0) is 69.6 Å². The second kappa shape index (κ2) is 8.08. The molecule has 24 heavy (non-hydrogen) atoms. The van der Waals surface area contributed by atoms with Crippen LogP contribution >= 0.6 is 0 Å². The molecule has 5 heteroatoms. The highest BCUT2D eigenvalue weighted by molar-refractivity contribution is 5.69. The van der Waals surface area contributed by atoms with Crippen LogP contribution in [0.1, 0.15) is 57.6 Å². The van der Waals surface area contributed by atoms with Gasteiger partial charge in [0.1, 0.15) is 5.82 Å². The molecule has 134 valence electrons. The lowest BCUT2D eigenvalue weighted by molar-refractivity contribution is -0.143. The van der Waals surface area contributed by atoms with Gasteiger partial charge in [-0.2, -0.15) is 0 Å². The summed E-state index contributed by atoms with van der Waals surface area (Å²) in [6, 6.07) is 6.03. The Bertz CT molecular complexity index is 553. The van der Waals surface area contributed by atoms with Gasteiger partial charge in [0.05, 0.1) is 12.0 Å². The highest BCUT2D eigenvalue weighted by atomic mass is 19.1. The van der Waals surface area contributed by atoms with Gasteiger partial charge in [-0.15, -0.1) is 0 Å². The molecule has 0 unspecified atom stereocenters.